The fourth-order valence-corrected chi connectivity index (χ4v) is 2.34. The molecular formula is C16H23NO2. The topological polar surface area (TPSA) is 34.4 Å². The van der Waals surface area contributed by atoms with Crippen LogP contribution < -0.4 is 5.32 Å². The van der Waals surface area contributed by atoms with E-state index in [4.69, 9.17) is 9.15 Å². The Balaban J connectivity index is 2.19. The van der Waals surface area contributed by atoms with Gasteiger partial charge in [0.1, 0.15) is 18.0 Å². The van der Waals surface area contributed by atoms with Crippen LogP contribution in [0.25, 0.3) is 11.0 Å². The molecule has 0 saturated heterocycles. The number of rotatable bonds is 7. The van der Waals surface area contributed by atoms with Crippen molar-refractivity contribution in [2.45, 2.75) is 45.9 Å². The molecule has 1 aromatic heterocycles. The molecule has 1 aromatic carbocycles. The highest BCUT2D eigenvalue weighted by Crippen LogP contribution is 2.26. The molecule has 0 aliphatic rings. The van der Waals surface area contributed by atoms with Crippen LogP contribution in [-0.2, 0) is 17.9 Å². The third kappa shape index (κ3) is 3.37. The van der Waals surface area contributed by atoms with Crippen LogP contribution in [-0.4, -0.2) is 13.2 Å². The van der Waals surface area contributed by atoms with Crippen LogP contribution in [0.4, 0.5) is 0 Å². The van der Waals surface area contributed by atoms with Crippen molar-refractivity contribution < 1.29 is 9.15 Å². The van der Waals surface area contributed by atoms with E-state index < -0.39 is 0 Å². The molecule has 0 aliphatic heterocycles. The zero-order chi connectivity index (χ0) is 13.7. The van der Waals surface area contributed by atoms with Gasteiger partial charge in [0, 0.05) is 17.5 Å². The summed E-state index contributed by atoms with van der Waals surface area (Å²) in [5.41, 5.74) is 2.15. The van der Waals surface area contributed by atoms with Crippen LogP contribution >= 0.6 is 0 Å². The molecule has 0 aliphatic carbocycles. The average molecular weight is 261 g/mol. The Labute approximate surface area is 114 Å². The van der Waals surface area contributed by atoms with Crippen molar-refractivity contribution in [1.82, 2.24) is 5.32 Å². The second kappa shape index (κ2) is 6.73. The fourth-order valence-electron chi connectivity index (χ4n) is 2.34. The predicted molar refractivity (Wildman–Crippen MR) is 78.1 cm³/mol. The van der Waals surface area contributed by atoms with Crippen molar-refractivity contribution in [2.24, 2.45) is 0 Å². The van der Waals surface area contributed by atoms with E-state index in [9.17, 15) is 0 Å². The first kappa shape index (κ1) is 14.1. The summed E-state index contributed by atoms with van der Waals surface area (Å²) in [4.78, 5) is 0. The summed E-state index contributed by atoms with van der Waals surface area (Å²) in [6, 6.07) is 8.15. The van der Waals surface area contributed by atoms with Crippen LogP contribution in [0.3, 0.4) is 0 Å². The van der Waals surface area contributed by atoms with E-state index in [0.717, 1.165) is 30.7 Å². The summed E-state index contributed by atoms with van der Waals surface area (Å²) in [6.07, 6.45) is 2.51. The molecule has 3 nitrogen and oxygen atoms in total. The molecule has 2 rings (SSSR count). The number of fused-ring (bicyclic) bond motifs is 1. The maximum absolute atomic E-state index is 5.92. The molecule has 1 unspecified atom stereocenters. The summed E-state index contributed by atoms with van der Waals surface area (Å²) in [7, 11) is 1.95. The lowest BCUT2D eigenvalue weighted by molar-refractivity contribution is 0.0374. The molecule has 1 atom stereocenters. The molecule has 2 aromatic rings. The number of hydrogen-bond acceptors (Lipinski definition) is 3. The van der Waals surface area contributed by atoms with Gasteiger partial charge in [-0.05, 0) is 26.5 Å². The molecule has 0 amide bonds. The summed E-state index contributed by atoms with van der Waals surface area (Å²) in [5, 5.41) is 4.38. The van der Waals surface area contributed by atoms with Gasteiger partial charge in [-0.15, -0.1) is 0 Å². The van der Waals surface area contributed by atoms with Crippen molar-refractivity contribution in [3.8, 4) is 0 Å². The summed E-state index contributed by atoms with van der Waals surface area (Å²) in [5.74, 6) is 0.943. The predicted octanol–water partition coefficient (Wildman–Crippen LogP) is 3.86. The van der Waals surface area contributed by atoms with Crippen molar-refractivity contribution in [3.05, 3.63) is 35.6 Å². The Morgan fingerprint density at radius 3 is 2.84 bits per heavy atom. The van der Waals surface area contributed by atoms with E-state index in [1.165, 1.54) is 10.9 Å². The molecule has 0 bridgehead atoms. The molecule has 0 radical (unpaired) electrons. The van der Waals surface area contributed by atoms with Crippen molar-refractivity contribution >= 4 is 11.0 Å². The standard InChI is InChI=1S/C16H23NO2/c1-4-7-12(2)18-11-16-14(10-17-3)13-8-5-6-9-15(13)19-16/h5-6,8-9,12,17H,4,7,10-11H2,1-3H3. The smallest absolute Gasteiger partial charge is 0.135 e. The summed E-state index contributed by atoms with van der Waals surface area (Å²) >= 11 is 0. The number of benzene rings is 1. The molecule has 1 heterocycles. The third-order valence-corrected chi connectivity index (χ3v) is 3.33. The van der Waals surface area contributed by atoms with Crippen LogP contribution in [0.2, 0.25) is 0 Å². The third-order valence-electron chi connectivity index (χ3n) is 3.33. The fraction of sp³-hybridized carbons (Fsp3) is 0.500. The average Bonchev–Trinajstić information content (AvgIpc) is 2.76. The lowest BCUT2D eigenvalue weighted by Crippen LogP contribution is -2.10. The maximum Gasteiger partial charge on any atom is 0.135 e. The first-order valence-electron chi connectivity index (χ1n) is 7.01. The van der Waals surface area contributed by atoms with Gasteiger partial charge in [-0.1, -0.05) is 31.5 Å². The Morgan fingerprint density at radius 2 is 2.11 bits per heavy atom. The van der Waals surface area contributed by atoms with Gasteiger partial charge in [-0.25, -0.2) is 0 Å². The highest BCUT2D eigenvalue weighted by Gasteiger charge is 2.14. The van der Waals surface area contributed by atoms with E-state index in [2.05, 4.69) is 25.2 Å². The van der Waals surface area contributed by atoms with Gasteiger partial charge in [0.2, 0.25) is 0 Å². The first-order chi connectivity index (χ1) is 9.26. The van der Waals surface area contributed by atoms with Crippen molar-refractivity contribution in [3.63, 3.8) is 0 Å². The molecule has 0 fully saturated rings. The lowest BCUT2D eigenvalue weighted by Gasteiger charge is -2.11. The number of para-hydroxylation sites is 1. The number of ether oxygens (including phenoxy) is 1. The minimum absolute atomic E-state index is 0.278. The van der Waals surface area contributed by atoms with Gasteiger partial charge in [-0.2, -0.15) is 0 Å². The minimum atomic E-state index is 0.278. The van der Waals surface area contributed by atoms with Crippen molar-refractivity contribution in [1.29, 1.82) is 0 Å². The Bertz CT molecular complexity index is 518. The summed E-state index contributed by atoms with van der Waals surface area (Å²) in [6.45, 7) is 5.64. The van der Waals surface area contributed by atoms with Gasteiger partial charge in [0.15, 0.2) is 0 Å². The summed E-state index contributed by atoms with van der Waals surface area (Å²) < 4.78 is 11.8. The lowest BCUT2D eigenvalue weighted by atomic mass is 10.1. The minimum Gasteiger partial charge on any atom is -0.458 e. The van der Waals surface area contributed by atoms with E-state index in [0.29, 0.717) is 6.61 Å². The second-order valence-corrected chi connectivity index (χ2v) is 4.94. The first-order valence-corrected chi connectivity index (χ1v) is 7.01. The monoisotopic (exact) mass is 261 g/mol. The highest BCUT2D eigenvalue weighted by atomic mass is 16.5. The second-order valence-electron chi connectivity index (χ2n) is 4.94. The molecule has 0 saturated carbocycles. The van der Waals surface area contributed by atoms with Crippen LogP contribution in [0.5, 0.6) is 0 Å². The van der Waals surface area contributed by atoms with Crippen molar-refractivity contribution in [2.75, 3.05) is 7.05 Å². The largest absolute Gasteiger partial charge is 0.458 e. The van der Waals surface area contributed by atoms with Gasteiger partial charge < -0.3 is 14.5 Å². The molecule has 3 heteroatoms. The maximum atomic E-state index is 5.92. The SMILES string of the molecule is CCCC(C)OCc1oc2ccccc2c1CNC. The Morgan fingerprint density at radius 1 is 1.32 bits per heavy atom. The van der Waals surface area contributed by atoms with E-state index in [1.807, 2.05) is 25.2 Å². The zero-order valence-corrected chi connectivity index (χ0v) is 12.0. The van der Waals surface area contributed by atoms with Crippen LogP contribution in [0.1, 0.15) is 38.0 Å². The van der Waals surface area contributed by atoms with Gasteiger partial charge >= 0.3 is 0 Å². The molecule has 1 N–H and O–H groups in total. The van der Waals surface area contributed by atoms with E-state index in [1.54, 1.807) is 0 Å². The van der Waals surface area contributed by atoms with Crippen LogP contribution in [0, 0.1) is 0 Å². The van der Waals surface area contributed by atoms with Crippen LogP contribution in [0.15, 0.2) is 28.7 Å². The number of hydrogen-bond donors (Lipinski definition) is 1. The van der Waals surface area contributed by atoms with E-state index in [-0.39, 0.29) is 6.10 Å². The Hall–Kier alpha value is -1.32. The molecule has 19 heavy (non-hydrogen) atoms. The molecular weight excluding hydrogens is 238 g/mol. The van der Waals surface area contributed by atoms with E-state index >= 15 is 0 Å². The highest BCUT2D eigenvalue weighted by molar-refractivity contribution is 5.82. The normalized spacial score (nSPS) is 13.0. The molecule has 104 valence electrons. The quantitative estimate of drug-likeness (QED) is 0.822. The number of nitrogens with one attached hydrogen (secondary N) is 1. The van der Waals surface area contributed by atoms with Gasteiger partial charge in [-0.3, -0.25) is 0 Å². The Kier molecular flexibility index (Phi) is 5.00. The van der Waals surface area contributed by atoms with Gasteiger partial charge in [0.05, 0.1) is 6.10 Å². The zero-order valence-electron chi connectivity index (χ0n) is 12.0. The number of furan rings is 1. The molecule has 0 spiro atoms. The van der Waals surface area contributed by atoms with Gasteiger partial charge in [0.25, 0.3) is 0 Å².